The van der Waals surface area contributed by atoms with E-state index in [1.165, 1.54) is 0 Å². The highest BCUT2D eigenvalue weighted by Crippen LogP contribution is 2.15. The summed E-state index contributed by atoms with van der Waals surface area (Å²) < 4.78 is 0.719. The maximum Gasteiger partial charge on any atom is 0.272 e. The minimum atomic E-state index is -0.285. The Balaban J connectivity index is 1.93. The van der Waals surface area contributed by atoms with Crippen LogP contribution in [-0.2, 0) is 0 Å². The lowest BCUT2D eigenvalue weighted by Crippen LogP contribution is -2.21. The van der Waals surface area contributed by atoms with Crippen LogP contribution >= 0.6 is 15.9 Å². The Morgan fingerprint density at radius 1 is 0.917 bits per heavy atom. The van der Waals surface area contributed by atoms with Gasteiger partial charge in [-0.25, -0.2) is 5.43 Å². The summed E-state index contributed by atoms with van der Waals surface area (Å²) in [7, 11) is 0. The van der Waals surface area contributed by atoms with E-state index in [1.807, 2.05) is 60.7 Å². The van der Waals surface area contributed by atoms with E-state index in [0.29, 0.717) is 17.0 Å². The molecule has 0 aliphatic carbocycles. The maximum atomic E-state index is 12.4. The topological polar surface area (TPSA) is 54.4 Å². The second-order valence-electron chi connectivity index (χ2n) is 4.96. The molecule has 3 rings (SSSR count). The number of amides is 1. The molecule has 0 saturated carbocycles. The zero-order chi connectivity index (χ0) is 16.8. The van der Waals surface area contributed by atoms with Crippen molar-refractivity contribution in [2.24, 2.45) is 5.10 Å². The zero-order valence-corrected chi connectivity index (χ0v) is 14.3. The van der Waals surface area contributed by atoms with Gasteiger partial charge in [-0.1, -0.05) is 48.5 Å². The van der Waals surface area contributed by atoms with E-state index in [-0.39, 0.29) is 5.91 Å². The normalized spacial score (nSPS) is 11.1. The van der Waals surface area contributed by atoms with Crippen LogP contribution < -0.4 is 5.43 Å². The molecule has 1 heterocycles. The number of nitrogens with one attached hydrogen (secondary N) is 1. The predicted octanol–water partition coefficient (Wildman–Crippen LogP) is 4.03. The number of hydrazone groups is 1. The number of carbonyl (C=O) groups is 1. The number of hydrogen-bond acceptors (Lipinski definition) is 3. The van der Waals surface area contributed by atoms with Crippen molar-refractivity contribution in [2.45, 2.75) is 0 Å². The summed E-state index contributed by atoms with van der Waals surface area (Å²) in [4.78, 5) is 16.7. The number of pyridine rings is 1. The van der Waals surface area contributed by atoms with Crippen LogP contribution in [0.5, 0.6) is 0 Å². The molecule has 2 aromatic carbocycles. The van der Waals surface area contributed by atoms with Crippen LogP contribution in [-0.4, -0.2) is 16.6 Å². The standard InChI is InChI=1S/C19H14BrN3O/c20-16-11-5-4-10-15(16)19(24)23-22-18(14-8-2-1-3-9-14)17-12-6-7-13-21-17/h1-13H,(H,23,24). The number of benzene rings is 2. The van der Waals surface area contributed by atoms with Crippen molar-refractivity contribution in [3.8, 4) is 0 Å². The van der Waals surface area contributed by atoms with Crippen molar-refractivity contribution >= 4 is 27.5 Å². The maximum absolute atomic E-state index is 12.4. The second-order valence-corrected chi connectivity index (χ2v) is 5.82. The summed E-state index contributed by atoms with van der Waals surface area (Å²) in [6.45, 7) is 0. The van der Waals surface area contributed by atoms with Crippen LogP contribution in [0.4, 0.5) is 0 Å². The lowest BCUT2D eigenvalue weighted by atomic mass is 10.1. The fourth-order valence-corrected chi connectivity index (χ4v) is 2.65. The molecular formula is C19H14BrN3O. The van der Waals surface area contributed by atoms with Gasteiger partial charge in [0.15, 0.2) is 0 Å². The van der Waals surface area contributed by atoms with E-state index in [9.17, 15) is 4.79 Å². The molecule has 0 aliphatic heterocycles. The van der Waals surface area contributed by atoms with Crippen LogP contribution in [0.1, 0.15) is 21.6 Å². The van der Waals surface area contributed by atoms with Gasteiger partial charge in [0.05, 0.1) is 11.3 Å². The highest BCUT2D eigenvalue weighted by molar-refractivity contribution is 9.10. The first-order chi connectivity index (χ1) is 11.8. The molecule has 0 unspecified atom stereocenters. The molecular weight excluding hydrogens is 366 g/mol. The van der Waals surface area contributed by atoms with E-state index in [2.05, 4.69) is 31.4 Å². The largest absolute Gasteiger partial charge is 0.272 e. The summed E-state index contributed by atoms with van der Waals surface area (Å²) in [5.41, 5.74) is 5.32. The highest BCUT2D eigenvalue weighted by atomic mass is 79.9. The van der Waals surface area contributed by atoms with Gasteiger partial charge in [0, 0.05) is 16.2 Å². The molecule has 0 spiro atoms. The molecule has 118 valence electrons. The second kappa shape index (κ2) is 7.66. The van der Waals surface area contributed by atoms with Gasteiger partial charge >= 0.3 is 0 Å². The molecule has 5 heteroatoms. The molecule has 4 nitrogen and oxygen atoms in total. The Kier molecular flexibility index (Phi) is 5.13. The van der Waals surface area contributed by atoms with E-state index >= 15 is 0 Å². The van der Waals surface area contributed by atoms with Crippen molar-refractivity contribution in [1.82, 2.24) is 10.4 Å². The lowest BCUT2D eigenvalue weighted by molar-refractivity contribution is 0.0954. The summed E-state index contributed by atoms with van der Waals surface area (Å²) in [5.74, 6) is -0.285. The quantitative estimate of drug-likeness (QED) is 0.549. The van der Waals surface area contributed by atoms with E-state index in [1.54, 1.807) is 18.3 Å². The van der Waals surface area contributed by atoms with Crippen molar-refractivity contribution in [1.29, 1.82) is 0 Å². The van der Waals surface area contributed by atoms with Crippen LogP contribution in [0.15, 0.2) is 88.6 Å². The molecule has 0 saturated heterocycles. The lowest BCUT2D eigenvalue weighted by Gasteiger charge is -2.08. The Hall–Kier alpha value is -2.79. The molecule has 0 atom stereocenters. The fraction of sp³-hybridized carbons (Fsp3) is 0. The van der Waals surface area contributed by atoms with Gasteiger partial charge in [-0.05, 0) is 40.2 Å². The van der Waals surface area contributed by atoms with Gasteiger partial charge in [-0.2, -0.15) is 5.10 Å². The molecule has 0 bridgehead atoms. The molecule has 0 radical (unpaired) electrons. The third kappa shape index (κ3) is 3.75. The summed E-state index contributed by atoms with van der Waals surface area (Å²) in [6, 6.07) is 22.4. The first kappa shape index (κ1) is 16.1. The highest BCUT2D eigenvalue weighted by Gasteiger charge is 2.11. The van der Waals surface area contributed by atoms with Gasteiger partial charge in [0.2, 0.25) is 0 Å². The SMILES string of the molecule is O=C(NN=C(c1ccccc1)c1ccccn1)c1ccccc1Br. The molecule has 1 aromatic heterocycles. The average molecular weight is 380 g/mol. The monoisotopic (exact) mass is 379 g/mol. The summed E-state index contributed by atoms with van der Waals surface area (Å²) in [6.07, 6.45) is 1.70. The first-order valence-electron chi connectivity index (χ1n) is 7.35. The molecule has 0 aliphatic rings. The van der Waals surface area contributed by atoms with Crippen molar-refractivity contribution < 1.29 is 4.79 Å². The third-order valence-corrected chi connectivity index (χ3v) is 4.03. The minimum Gasteiger partial charge on any atom is -0.267 e. The summed E-state index contributed by atoms with van der Waals surface area (Å²) in [5, 5.41) is 4.32. The van der Waals surface area contributed by atoms with Gasteiger partial charge in [-0.15, -0.1) is 0 Å². The van der Waals surface area contributed by atoms with E-state index in [0.717, 1.165) is 10.0 Å². The number of rotatable bonds is 4. The van der Waals surface area contributed by atoms with Crippen molar-refractivity contribution in [2.75, 3.05) is 0 Å². The van der Waals surface area contributed by atoms with Gasteiger partial charge in [0.1, 0.15) is 5.71 Å². The number of halogens is 1. The molecule has 1 amide bonds. The van der Waals surface area contributed by atoms with Crippen molar-refractivity contribution in [3.63, 3.8) is 0 Å². The molecule has 0 fully saturated rings. The Labute approximate surface area is 148 Å². The van der Waals surface area contributed by atoms with E-state index in [4.69, 9.17) is 0 Å². The molecule has 1 N–H and O–H groups in total. The van der Waals surface area contributed by atoms with Gasteiger partial charge in [0.25, 0.3) is 5.91 Å². The number of nitrogens with zero attached hydrogens (tertiary/aromatic N) is 2. The van der Waals surface area contributed by atoms with E-state index < -0.39 is 0 Å². The van der Waals surface area contributed by atoms with Gasteiger partial charge in [-0.3, -0.25) is 9.78 Å². The fourth-order valence-electron chi connectivity index (χ4n) is 2.18. The number of aromatic nitrogens is 1. The van der Waals surface area contributed by atoms with Crippen LogP contribution in [0.3, 0.4) is 0 Å². The van der Waals surface area contributed by atoms with Crippen LogP contribution in [0, 0.1) is 0 Å². The minimum absolute atomic E-state index is 0.285. The Morgan fingerprint density at radius 2 is 1.62 bits per heavy atom. The summed E-state index contributed by atoms with van der Waals surface area (Å²) >= 11 is 3.37. The zero-order valence-electron chi connectivity index (χ0n) is 12.7. The number of carbonyl (C=O) groups excluding carboxylic acids is 1. The smallest absolute Gasteiger partial charge is 0.267 e. The Bertz CT molecular complexity index is 823. The number of hydrogen-bond donors (Lipinski definition) is 1. The third-order valence-electron chi connectivity index (χ3n) is 3.34. The average Bonchev–Trinajstić information content (AvgIpc) is 2.64. The molecule has 3 aromatic rings. The first-order valence-corrected chi connectivity index (χ1v) is 8.14. The van der Waals surface area contributed by atoms with Crippen LogP contribution in [0.25, 0.3) is 0 Å². The Morgan fingerprint density at radius 3 is 2.33 bits per heavy atom. The van der Waals surface area contributed by atoms with Crippen molar-refractivity contribution in [3.05, 3.63) is 100 Å². The van der Waals surface area contributed by atoms with Crippen LogP contribution in [0.2, 0.25) is 0 Å². The van der Waals surface area contributed by atoms with Gasteiger partial charge < -0.3 is 0 Å². The molecule has 24 heavy (non-hydrogen) atoms. The predicted molar refractivity (Wildman–Crippen MR) is 97.9 cm³/mol.